The highest BCUT2D eigenvalue weighted by Crippen LogP contribution is 2.34. The van der Waals surface area contributed by atoms with Gasteiger partial charge in [-0.3, -0.25) is 0 Å². The van der Waals surface area contributed by atoms with Crippen molar-refractivity contribution in [1.82, 2.24) is 9.47 Å². The number of aliphatic hydroxyl groups is 2. The molecule has 0 saturated carbocycles. The van der Waals surface area contributed by atoms with E-state index in [1.165, 1.54) is 22.2 Å². The number of benzene rings is 1. The highest BCUT2D eigenvalue weighted by Gasteiger charge is 2.29. The topological polar surface area (TPSA) is 48.6 Å². The molecule has 1 unspecified atom stereocenters. The minimum absolute atomic E-state index is 0.461. The molecule has 0 spiro atoms. The fourth-order valence-corrected chi connectivity index (χ4v) is 4.34. The van der Waals surface area contributed by atoms with E-state index in [4.69, 9.17) is 0 Å². The maximum atomic E-state index is 10.2. The van der Waals surface area contributed by atoms with Crippen LogP contribution in [0.5, 0.6) is 0 Å². The summed E-state index contributed by atoms with van der Waals surface area (Å²) in [6.45, 7) is 9.05. The van der Waals surface area contributed by atoms with Gasteiger partial charge < -0.3 is 19.7 Å². The van der Waals surface area contributed by atoms with Gasteiger partial charge >= 0.3 is 0 Å². The standard InChI is InChI=1S/C22H34N2O2/c1-21(2,25)12-13-24-19-9-7-6-8-17(19)18-14-16(10-11-20(18)24)23(5)15-22(3,4)26/h6-9,16,25-26H,10-15H2,1-5H3. The van der Waals surface area contributed by atoms with E-state index in [2.05, 4.69) is 40.8 Å². The molecule has 4 nitrogen and oxygen atoms in total. The second-order valence-electron chi connectivity index (χ2n) is 9.28. The first-order valence-corrected chi connectivity index (χ1v) is 9.79. The molecule has 0 amide bonds. The number of hydrogen-bond donors (Lipinski definition) is 2. The van der Waals surface area contributed by atoms with Crippen LogP contribution in [0.15, 0.2) is 24.3 Å². The van der Waals surface area contributed by atoms with Crippen LogP contribution in [0.1, 0.15) is 51.8 Å². The summed E-state index contributed by atoms with van der Waals surface area (Å²) in [7, 11) is 2.13. The first-order chi connectivity index (χ1) is 12.1. The van der Waals surface area contributed by atoms with Gasteiger partial charge in [0.15, 0.2) is 0 Å². The number of aryl methyl sites for hydroxylation is 1. The van der Waals surface area contributed by atoms with Crippen LogP contribution in [0.3, 0.4) is 0 Å². The van der Waals surface area contributed by atoms with E-state index >= 15 is 0 Å². The minimum Gasteiger partial charge on any atom is -0.390 e. The Kier molecular flexibility index (Phi) is 5.22. The van der Waals surface area contributed by atoms with Gasteiger partial charge in [0.2, 0.25) is 0 Å². The third-order valence-corrected chi connectivity index (χ3v) is 5.56. The van der Waals surface area contributed by atoms with Gasteiger partial charge in [-0.15, -0.1) is 0 Å². The van der Waals surface area contributed by atoms with Crippen molar-refractivity contribution in [2.45, 2.75) is 77.2 Å². The second kappa shape index (κ2) is 6.99. The molecule has 1 aliphatic carbocycles. The van der Waals surface area contributed by atoms with Crippen molar-refractivity contribution in [2.75, 3.05) is 13.6 Å². The third kappa shape index (κ3) is 4.30. The van der Waals surface area contributed by atoms with E-state index in [0.717, 1.165) is 32.2 Å². The van der Waals surface area contributed by atoms with Crippen LogP contribution in [-0.2, 0) is 19.4 Å². The average Bonchev–Trinajstić information content (AvgIpc) is 2.84. The molecule has 0 bridgehead atoms. The lowest BCUT2D eigenvalue weighted by Gasteiger charge is -2.35. The first-order valence-electron chi connectivity index (χ1n) is 9.79. The van der Waals surface area contributed by atoms with Crippen molar-refractivity contribution in [2.24, 2.45) is 0 Å². The molecular weight excluding hydrogens is 324 g/mol. The third-order valence-electron chi connectivity index (χ3n) is 5.56. The summed E-state index contributed by atoms with van der Waals surface area (Å²) in [5, 5.41) is 21.7. The number of rotatable bonds is 6. The second-order valence-corrected chi connectivity index (χ2v) is 9.28. The van der Waals surface area contributed by atoms with E-state index in [-0.39, 0.29) is 0 Å². The van der Waals surface area contributed by atoms with Crippen molar-refractivity contribution >= 4 is 10.9 Å². The van der Waals surface area contributed by atoms with Gasteiger partial charge in [-0.1, -0.05) is 18.2 Å². The molecule has 2 N–H and O–H groups in total. The number of para-hydroxylation sites is 1. The van der Waals surface area contributed by atoms with Crippen LogP contribution in [0, 0.1) is 0 Å². The zero-order valence-electron chi connectivity index (χ0n) is 16.9. The summed E-state index contributed by atoms with van der Waals surface area (Å²) in [5.41, 5.74) is 2.85. The van der Waals surface area contributed by atoms with Crippen LogP contribution in [0.2, 0.25) is 0 Å². The Hall–Kier alpha value is -1.36. The van der Waals surface area contributed by atoms with Crippen LogP contribution < -0.4 is 0 Å². The fourth-order valence-electron chi connectivity index (χ4n) is 4.34. The molecule has 1 aromatic heterocycles. The summed E-state index contributed by atoms with van der Waals surface area (Å²) in [6.07, 6.45) is 3.94. The number of likely N-dealkylation sites (N-methyl/N-ethyl adjacent to an activating group) is 1. The molecule has 1 heterocycles. The number of hydrogen-bond acceptors (Lipinski definition) is 3. The van der Waals surface area contributed by atoms with E-state index in [1.54, 1.807) is 0 Å². The van der Waals surface area contributed by atoms with Gasteiger partial charge in [-0.05, 0) is 72.1 Å². The maximum absolute atomic E-state index is 10.2. The maximum Gasteiger partial charge on any atom is 0.0718 e. The molecule has 0 fully saturated rings. The van der Waals surface area contributed by atoms with Crippen LogP contribution in [0.4, 0.5) is 0 Å². The molecule has 0 aliphatic heterocycles. The van der Waals surface area contributed by atoms with Crippen molar-refractivity contribution in [3.8, 4) is 0 Å². The highest BCUT2D eigenvalue weighted by atomic mass is 16.3. The van der Waals surface area contributed by atoms with Gasteiger partial charge in [-0.25, -0.2) is 0 Å². The van der Waals surface area contributed by atoms with Crippen molar-refractivity contribution in [1.29, 1.82) is 0 Å². The highest BCUT2D eigenvalue weighted by molar-refractivity contribution is 5.86. The Balaban J connectivity index is 1.91. The summed E-state index contributed by atoms with van der Waals surface area (Å²) in [5.74, 6) is 0. The number of fused-ring (bicyclic) bond motifs is 3. The van der Waals surface area contributed by atoms with Gasteiger partial charge in [0.1, 0.15) is 0 Å². The first kappa shape index (κ1) is 19.4. The van der Waals surface area contributed by atoms with E-state index in [1.807, 2.05) is 27.7 Å². The Morgan fingerprint density at radius 3 is 2.46 bits per heavy atom. The zero-order valence-corrected chi connectivity index (χ0v) is 16.9. The number of aromatic nitrogens is 1. The SMILES string of the molecule is CN(CC(C)(C)O)C1CCc2c(c3ccccc3n2CCC(C)(C)O)C1. The molecule has 1 aliphatic rings. The lowest BCUT2D eigenvalue weighted by molar-refractivity contribution is 0.0290. The Labute approximate surface area is 157 Å². The van der Waals surface area contributed by atoms with Gasteiger partial charge in [-0.2, -0.15) is 0 Å². The quantitative estimate of drug-likeness (QED) is 0.832. The lowest BCUT2D eigenvalue weighted by Crippen LogP contribution is -2.44. The van der Waals surface area contributed by atoms with E-state index < -0.39 is 11.2 Å². The zero-order chi connectivity index (χ0) is 19.1. The molecule has 3 rings (SSSR count). The molecule has 1 aromatic carbocycles. The molecule has 2 aromatic rings. The average molecular weight is 359 g/mol. The molecule has 1 atom stereocenters. The van der Waals surface area contributed by atoms with Crippen molar-refractivity contribution in [3.05, 3.63) is 35.5 Å². The summed E-state index contributed by atoms with van der Waals surface area (Å²) in [4.78, 5) is 2.31. The van der Waals surface area contributed by atoms with Gasteiger partial charge in [0.05, 0.1) is 11.2 Å². The summed E-state index contributed by atoms with van der Waals surface area (Å²) in [6, 6.07) is 9.11. The molecule has 0 saturated heterocycles. The fraction of sp³-hybridized carbons (Fsp3) is 0.636. The van der Waals surface area contributed by atoms with Gasteiger partial charge in [0, 0.05) is 35.7 Å². The lowest BCUT2D eigenvalue weighted by atomic mass is 9.90. The van der Waals surface area contributed by atoms with Crippen LogP contribution >= 0.6 is 0 Å². The van der Waals surface area contributed by atoms with Gasteiger partial charge in [0.25, 0.3) is 0 Å². The summed E-state index contributed by atoms with van der Waals surface area (Å²) >= 11 is 0. The Morgan fingerprint density at radius 1 is 1.12 bits per heavy atom. The van der Waals surface area contributed by atoms with Crippen LogP contribution in [0.25, 0.3) is 10.9 Å². The number of nitrogens with zero attached hydrogens (tertiary/aromatic N) is 2. The van der Waals surface area contributed by atoms with Crippen LogP contribution in [-0.4, -0.2) is 50.5 Å². The largest absolute Gasteiger partial charge is 0.390 e. The molecular formula is C22H34N2O2. The molecule has 26 heavy (non-hydrogen) atoms. The summed E-state index contributed by atoms with van der Waals surface area (Å²) < 4.78 is 2.43. The van der Waals surface area contributed by atoms with Crippen molar-refractivity contribution in [3.63, 3.8) is 0 Å². The molecule has 0 radical (unpaired) electrons. The monoisotopic (exact) mass is 358 g/mol. The Bertz CT molecular complexity index is 765. The van der Waals surface area contributed by atoms with E-state index in [9.17, 15) is 10.2 Å². The predicted molar refractivity (Wildman–Crippen MR) is 108 cm³/mol. The van der Waals surface area contributed by atoms with E-state index in [0.29, 0.717) is 12.6 Å². The normalized spacial score (nSPS) is 18.5. The van der Waals surface area contributed by atoms with Crippen molar-refractivity contribution < 1.29 is 10.2 Å². The Morgan fingerprint density at radius 2 is 1.81 bits per heavy atom. The smallest absolute Gasteiger partial charge is 0.0718 e. The molecule has 144 valence electrons. The predicted octanol–water partition coefficient (Wildman–Crippen LogP) is 3.36. The minimum atomic E-state index is -0.671. The molecule has 4 heteroatoms.